The lowest BCUT2D eigenvalue weighted by Gasteiger charge is -2.04. The fourth-order valence-corrected chi connectivity index (χ4v) is 1.22. The summed E-state index contributed by atoms with van der Waals surface area (Å²) in [6.45, 7) is 0. The van der Waals surface area contributed by atoms with E-state index in [4.69, 9.17) is 5.73 Å². The van der Waals surface area contributed by atoms with Gasteiger partial charge in [0.1, 0.15) is 0 Å². The molecule has 15 heavy (non-hydrogen) atoms. The second kappa shape index (κ2) is 3.53. The van der Waals surface area contributed by atoms with Crippen molar-refractivity contribution in [2.45, 2.75) is 0 Å². The first-order valence-corrected chi connectivity index (χ1v) is 4.28. The Morgan fingerprint density at radius 2 is 1.93 bits per heavy atom. The van der Waals surface area contributed by atoms with Gasteiger partial charge in [0, 0.05) is 0 Å². The zero-order valence-corrected chi connectivity index (χ0v) is 7.72. The number of para-hydroxylation sites is 1. The summed E-state index contributed by atoms with van der Waals surface area (Å²) in [7, 11) is 0. The van der Waals surface area contributed by atoms with Crippen LogP contribution in [0.4, 0.5) is 10.2 Å². The van der Waals surface area contributed by atoms with Crippen LogP contribution in [0.2, 0.25) is 0 Å². The SMILES string of the molecule is Nc1nc(=O)n(-c2ccccc2)cc1F. The minimum atomic E-state index is -0.710. The summed E-state index contributed by atoms with van der Waals surface area (Å²) in [4.78, 5) is 14.8. The van der Waals surface area contributed by atoms with Gasteiger partial charge in [-0.3, -0.25) is 4.57 Å². The smallest absolute Gasteiger partial charge is 0.354 e. The normalized spacial score (nSPS) is 10.2. The topological polar surface area (TPSA) is 60.9 Å². The summed E-state index contributed by atoms with van der Waals surface area (Å²) in [5, 5.41) is 0. The average molecular weight is 205 g/mol. The predicted octanol–water partition coefficient (Wildman–Crippen LogP) is 0.954. The van der Waals surface area contributed by atoms with Crippen LogP contribution in [-0.4, -0.2) is 9.55 Å². The molecule has 1 aromatic heterocycles. The predicted molar refractivity (Wildman–Crippen MR) is 54.2 cm³/mol. The van der Waals surface area contributed by atoms with Crippen LogP contribution in [0.15, 0.2) is 41.3 Å². The first-order chi connectivity index (χ1) is 7.18. The maximum Gasteiger partial charge on any atom is 0.354 e. The van der Waals surface area contributed by atoms with E-state index in [1.807, 2.05) is 0 Å². The molecule has 0 amide bonds. The fourth-order valence-electron chi connectivity index (χ4n) is 1.22. The lowest BCUT2D eigenvalue weighted by atomic mass is 10.3. The van der Waals surface area contributed by atoms with Crippen LogP contribution >= 0.6 is 0 Å². The van der Waals surface area contributed by atoms with Crippen LogP contribution in [0.5, 0.6) is 0 Å². The summed E-state index contributed by atoms with van der Waals surface area (Å²) in [5.41, 5.74) is 5.12. The lowest BCUT2D eigenvalue weighted by molar-refractivity contribution is 0.607. The number of nitrogens with zero attached hydrogens (tertiary/aromatic N) is 2. The maximum atomic E-state index is 13.1. The molecule has 4 nitrogen and oxygen atoms in total. The molecule has 76 valence electrons. The van der Waals surface area contributed by atoms with Crippen LogP contribution in [0.1, 0.15) is 0 Å². The molecule has 0 fully saturated rings. The Kier molecular flexibility index (Phi) is 2.21. The van der Waals surface area contributed by atoms with Crippen molar-refractivity contribution in [3.8, 4) is 5.69 Å². The van der Waals surface area contributed by atoms with Gasteiger partial charge in [0.05, 0.1) is 11.9 Å². The minimum Gasteiger partial charge on any atom is -0.381 e. The van der Waals surface area contributed by atoms with Crippen molar-refractivity contribution in [1.82, 2.24) is 9.55 Å². The van der Waals surface area contributed by atoms with Crippen molar-refractivity contribution in [3.63, 3.8) is 0 Å². The Hall–Kier alpha value is -2.17. The number of nitrogens with two attached hydrogens (primary N) is 1. The third kappa shape index (κ3) is 1.71. The molecule has 1 aromatic carbocycles. The molecule has 0 aliphatic heterocycles. The quantitative estimate of drug-likeness (QED) is 0.754. The van der Waals surface area contributed by atoms with E-state index in [0.29, 0.717) is 5.69 Å². The largest absolute Gasteiger partial charge is 0.381 e. The molecule has 0 saturated heterocycles. The highest BCUT2D eigenvalue weighted by Gasteiger charge is 2.05. The highest BCUT2D eigenvalue weighted by molar-refractivity contribution is 5.34. The zero-order valence-electron chi connectivity index (χ0n) is 7.72. The molecular weight excluding hydrogens is 197 g/mol. The Bertz CT molecular complexity index is 536. The number of nitrogen functional groups attached to an aromatic ring is 1. The fraction of sp³-hybridized carbons (Fsp3) is 0. The monoisotopic (exact) mass is 205 g/mol. The van der Waals surface area contributed by atoms with E-state index in [-0.39, 0.29) is 5.82 Å². The molecule has 0 atom stereocenters. The molecule has 2 aromatic rings. The van der Waals surface area contributed by atoms with Gasteiger partial charge in [-0.15, -0.1) is 0 Å². The summed E-state index contributed by atoms with van der Waals surface area (Å²) in [6.07, 6.45) is 1.03. The number of rotatable bonds is 1. The second-order valence-corrected chi connectivity index (χ2v) is 2.96. The highest BCUT2D eigenvalue weighted by atomic mass is 19.1. The molecule has 0 aliphatic rings. The molecule has 0 spiro atoms. The Labute approximate surface area is 84.8 Å². The molecule has 1 heterocycles. The molecule has 0 unspecified atom stereocenters. The minimum absolute atomic E-state index is 0.382. The van der Waals surface area contributed by atoms with Crippen molar-refractivity contribution in [1.29, 1.82) is 0 Å². The van der Waals surface area contributed by atoms with Crippen molar-refractivity contribution < 1.29 is 4.39 Å². The van der Waals surface area contributed by atoms with E-state index in [1.54, 1.807) is 30.3 Å². The van der Waals surface area contributed by atoms with Gasteiger partial charge in [0.15, 0.2) is 11.6 Å². The molecule has 0 aliphatic carbocycles. The number of aromatic nitrogens is 2. The highest BCUT2D eigenvalue weighted by Crippen LogP contribution is 2.07. The van der Waals surface area contributed by atoms with E-state index in [0.717, 1.165) is 10.8 Å². The van der Waals surface area contributed by atoms with E-state index in [1.165, 1.54) is 0 Å². The Morgan fingerprint density at radius 1 is 1.27 bits per heavy atom. The van der Waals surface area contributed by atoms with Gasteiger partial charge in [-0.25, -0.2) is 9.18 Å². The summed E-state index contributed by atoms with van der Waals surface area (Å²) >= 11 is 0. The second-order valence-electron chi connectivity index (χ2n) is 2.96. The van der Waals surface area contributed by atoms with Gasteiger partial charge in [-0.2, -0.15) is 4.98 Å². The zero-order chi connectivity index (χ0) is 10.8. The van der Waals surface area contributed by atoms with E-state index < -0.39 is 11.5 Å². The summed E-state index contributed by atoms with van der Waals surface area (Å²) < 4.78 is 14.2. The Morgan fingerprint density at radius 3 is 2.60 bits per heavy atom. The molecule has 0 radical (unpaired) electrons. The first kappa shape index (κ1) is 9.39. The number of hydrogen-bond acceptors (Lipinski definition) is 3. The number of anilines is 1. The molecular formula is C10H8FN3O. The third-order valence-corrected chi connectivity index (χ3v) is 1.94. The molecule has 0 bridgehead atoms. The Balaban J connectivity index is 2.65. The lowest BCUT2D eigenvalue weighted by Crippen LogP contribution is -2.23. The van der Waals surface area contributed by atoms with Gasteiger partial charge in [-0.1, -0.05) is 18.2 Å². The van der Waals surface area contributed by atoms with Gasteiger partial charge in [0.25, 0.3) is 0 Å². The first-order valence-electron chi connectivity index (χ1n) is 4.28. The van der Waals surface area contributed by atoms with Gasteiger partial charge >= 0.3 is 5.69 Å². The van der Waals surface area contributed by atoms with Gasteiger partial charge in [-0.05, 0) is 12.1 Å². The number of hydrogen-bond donors (Lipinski definition) is 1. The molecule has 2 N–H and O–H groups in total. The van der Waals surface area contributed by atoms with Crippen LogP contribution in [-0.2, 0) is 0 Å². The van der Waals surface area contributed by atoms with Crippen molar-refractivity contribution in [2.24, 2.45) is 0 Å². The molecule has 5 heteroatoms. The van der Waals surface area contributed by atoms with Crippen LogP contribution in [0.25, 0.3) is 5.69 Å². The van der Waals surface area contributed by atoms with Crippen molar-refractivity contribution in [3.05, 3.63) is 52.8 Å². The van der Waals surface area contributed by atoms with E-state index >= 15 is 0 Å². The summed E-state index contributed by atoms with van der Waals surface area (Å²) in [5.74, 6) is -1.09. The maximum absolute atomic E-state index is 13.1. The van der Waals surface area contributed by atoms with Crippen molar-refractivity contribution >= 4 is 5.82 Å². The van der Waals surface area contributed by atoms with Crippen LogP contribution in [0.3, 0.4) is 0 Å². The number of halogens is 1. The average Bonchev–Trinajstić information content (AvgIpc) is 2.25. The van der Waals surface area contributed by atoms with Gasteiger partial charge < -0.3 is 5.73 Å². The van der Waals surface area contributed by atoms with Crippen LogP contribution < -0.4 is 11.4 Å². The molecule has 2 rings (SSSR count). The standard InChI is InChI=1S/C10H8FN3O/c11-8-6-14(10(15)13-9(8)12)7-4-2-1-3-5-7/h1-6H,(H2,12,13,15). The van der Waals surface area contributed by atoms with Crippen molar-refractivity contribution in [2.75, 3.05) is 5.73 Å². The number of benzene rings is 1. The van der Waals surface area contributed by atoms with E-state index in [2.05, 4.69) is 4.98 Å². The molecule has 0 saturated carbocycles. The summed E-state index contributed by atoms with van der Waals surface area (Å²) in [6, 6.07) is 8.65. The van der Waals surface area contributed by atoms with Gasteiger partial charge in [0.2, 0.25) is 0 Å². The third-order valence-electron chi connectivity index (χ3n) is 1.94. The van der Waals surface area contributed by atoms with E-state index in [9.17, 15) is 9.18 Å². The van der Waals surface area contributed by atoms with Crippen LogP contribution in [0, 0.1) is 5.82 Å².